The van der Waals surface area contributed by atoms with Crippen molar-refractivity contribution in [1.82, 2.24) is 5.32 Å². The Kier molecular flexibility index (Phi) is 7.85. The van der Waals surface area contributed by atoms with Crippen molar-refractivity contribution in [2.45, 2.75) is 6.42 Å². The third-order valence-corrected chi connectivity index (χ3v) is 2.66. The first-order valence-corrected chi connectivity index (χ1v) is 6.26. The van der Waals surface area contributed by atoms with E-state index in [1.807, 2.05) is 0 Å². The SMILES string of the molecule is CSCCCNC(=O)c1cccc(N)c1.Cl. The molecule has 0 heterocycles. The maximum absolute atomic E-state index is 11.6. The number of thioether (sulfide) groups is 1. The fourth-order valence-electron chi connectivity index (χ4n) is 1.20. The average molecular weight is 261 g/mol. The standard InChI is InChI=1S/C11H16N2OS.ClH/c1-15-7-3-6-13-11(14)9-4-2-5-10(12)8-9;/h2,4-5,8H,3,6-7,12H2,1H3,(H,13,14);1H. The van der Waals surface area contributed by atoms with Crippen LogP contribution in [0.15, 0.2) is 24.3 Å². The smallest absolute Gasteiger partial charge is 0.251 e. The minimum Gasteiger partial charge on any atom is -0.399 e. The summed E-state index contributed by atoms with van der Waals surface area (Å²) in [5, 5.41) is 2.85. The largest absolute Gasteiger partial charge is 0.399 e. The van der Waals surface area contributed by atoms with E-state index < -0.39 is 0 Å². The third kappa shape index (κ3) is 5.28. The zero-order valence-electron chi connectivity index (χ0n) is 9.23. The molecule has 5 heteroatoms. The summed E-state index contributed by atoms with van der Waals surface area (Å²) >= 11 is 1.78. The average Bonchev–Trinajstić information content (AvgIpc) is 2.24. The third-order valence-electron chi connectivity index (χ3n) is 1.96. The van der Waals surface area contributed by atoms with Crippen LogP contribution in [0.5, 0.6) is 0 Å². The highest BCUT2D eigenvalue weighted by Crippen LogP contribution is 2.06. The van der Waals surface area contributed by atoms with Gasteiger partial charge in [0.1, 0.15) is 0 Å². The summed E-state index contributed by atoms with van der Waals surface area (Å²) in [5.41, 5.74) is 6.83. The number of anilines is 1. The van der Waals surface area contributed by atoms with Gasteiger partial charge >= 0.3 is 0 Å². The highest BCUT2D eigenvalue weighted by molar-refractivity contribution is 7.98. The van der Waals surface area contributed by atoms with Crippen LogP contribution in [0.1, 0.15) is 16.8 Å². The molecular weight excluding hydrogens is 244 g/mol. The zero-order chi connectivity index (χ0) is 11.1. The van der Waals surface area contributed by atoms with E-state index in [1.54, 1.807) is 36.0 Å². The summed E-state index contributed by atoms with van der Waals surface area (Å²) in [6.45, 7) is 0.717. The van der Waals surface area contributed by atoms with Crippen molar-refractivity contribution < 1.29 is 4.79 Å². The van der Waals surface area contributed by atoms with E-state index in [0.29, 0.717) is 17.8 Å². The lowest BCUT2D eigenvalue weighted by atomic mass is 10.2. The molecule has 0 aliphatic heterocycles. The molecule has 0 radical (unpaired) electrons. The minimum atomic E-state index is -0.0524. The molecule has 1 amide bonds. The van der Waals surface area contributed by atoms with Crippen LogP contribution in [0.4, 0.5) is 5.69 Å². The molecule has 0 atom stereocenters. The van der Waals surface area contributed by atoms with Crippen LogP contribution < -0.4 is 11.1 Å². The maximum atomic E-state index is 11.6. The molecule has 0 aliphatic rings. The quantitative estimate of drug-likeness (QED) is 0.630. The van der Waals surface area contributed by atoms with E-state index >= 15 is 0 Å². The fourth-order valence-corrected chi connectivity index (χ4v) is 1.63. The molecule has 1 rings (SSSR count). The van der Waals surface area contributed by atoms with Gasteiger partial charge < -0.3 is 11.1 Å². The van der Waals surface area contributed by atoms with Gasteiger partial charge in [0.15, 0.2) is 0 Å². The Morgan fingerprint density at radius 3 is 2.88 bits per heavy atom. The molecule has 0 fully saturated rings. The molecule has 16 heavy (non-hydrogen) atoms. The van der Waals surface area contributed by atoms with E-state index in [9.17, 15) is 4.79 Å². The van der Waals surface area contributed by atoms with Gasteiger partial charge in [0, 0.05) is 17.8 Å². The fraction of sp³-hybridized carbons (Fsp3) is 0.364. The molecule has 0 bridgehead atoms. The van der Waals surface area contributed by atoms with Crippen molar-refractivity contribution in [1.29, 1.82) is 0 Å². The number of amides is 1. The molecule has 1 aromatic rings. The Hall–Kier alpha value is -0.870. The lowest BCUT2D eigenvalue weighted by Gasteiger charge is -2.04. The second-order valence-corrected chi connectivity index (χ2v) is 4.21. The monoisotopic (exact) mass is 260 g/mol. The zero-order valence-corrected chi connectivity index (χ0v) is 10.9. The number of hydrogen-bond acceptors (Lipinski definition) is 3. The Labute approximate surface area is 107 Å². The normalized spacial score (nSPS) is 9.31. The summed E-state index contributed by atoms with van der Waals surface area (Å²) in [6.07, 6.45) is 3.05. The van der Waals surface area contributed by atoms with E-state index in [2.05, 4.69) is 11.6 Å². The second-order valence-electron chi connectivity index (χ2n) is 3.23. The summed E-state index contributed by atoms with van der Waals surface area (Å²) in [4.78, 5) is 11.6. The van der Waals surface area contributed by atoms with E-state index in [1.165, 1.54) is 0 Å². The number of rotatable bonds is 5. The molecule has 0 spiro atoms. The summed E-state index contributed by atoms with van der Waals surface area (Å²) < 4.78 is 0. The number of carbonyl (C=O) groups excluding carboxylic acids is 1. The molecule has 0 unspecified atom stereocenters. The van der Waals surface area contributed by atoms with Crippen molar-refractivity contribution >= 4 is 35.8 Å². The van der Waals surface area contributed by atoms with Crippen LogP contribution in [0, 0.1) is 0 Å². The van der Waals surface area contributed by atoms with E-state index in [-0.39, 0.29) is 18.3 Å². The lowest BCUT2D eigenvalue weighted by Crippen LogP contribution is -2.24. The highest BCUT2D eigenvalue weighted by atomic mass is 35.5. The van der Waals surface area contributed by atoms with Crippen molar-refractivity contribution in [3.63, 3.8) is 0 Å². The molecule has 0 aliphatic carbocycles. The number of nitrogens with two attached hydrogens (primary N) is 1. The molecule has 90 valence electrons. The Morgan fingerprint density at radius 1 is 1.50 bits per heavy atom. The Morgan fingerprint density at radius 2 is 2.25 bits per heavy atom. The van der Waals surface area contributed by atoms with Crippen LogP contribution >= 0.6 is 24.2 Å². The number of nitrogens with one attached hydrogen (secondary N) is 1. The molecule has 0 saturated carbocycles. The predicted octanol–water partition coefficient (Wildman–Crippen LogP) is 2.17. The van der Waals surface area contributed by atoms with E-state index in [0.717, 1.165) is 12.2 Å². The second kappa shape index (κ2) is 8.30. The van der Waals surface area contributed by atoms with Crippen LogP contribution in [-0.2, 0) is 0 Å². The number of hydrogen-bond donors (Lipinski definition) is 2. The molecule has 0 saturated heterocycles. The molecule has 3 N–H and O–H groups in total. The van der Waals surface area contributed by atoms with Gasteiger partial charge in [0.2, 0.25) is 0 Å². The lowest BCUT2D eigenvalue weighted by molar-refractivity contribution is 0.0954. The number of nitrogen functional groups attached to an aromatic ring is 1. The van der Waals surface area contributed by atoms with Crippen molar-refractivity contribution in [2.24, 2.45) is 0 Å². The molecule has 1 aromatic carbocycles. The van der Waals surface area contributed by atoms with Gasteiger partial charge in [-0.1, -0.05) is 6.07 Å². The Balaban J connectivity index is 0.00000225. The maximum Gasteiger partial charge on any atom is 0.251 e. The van der Waals surface area contributed by atoms with Gasteiger partial charge in [-0.15, -0.1) is 12.4 Å². The van der Waals surface area contributed by atoms with Gasteiger partial charge in [0.05, 0.1) is 0 Å². The molecule has 0 aromatic heterocycles. The molecular formula is C11H17ClN2OS. The number of carbonyl (C=O) groups is 1. The van der Waals surface area contributed by atoms with Crippen molar-refractivity contribution in [3.8, 4) is 0 Å². The number of benzene rings is 1. The molecule has 3 nitrogen and oxygen atoms in total. The predicted molar refractivity (Wildman–Crippen MR) is 73.4 cm³/mol. The van der Waals surface area contributed by atoms with Gasteiger partial charge in [0.25, 0.3) is 5.91 Å². The van der Waals surface area contributed by atoms with Crippen molar-refractivity contribution in [3.05, 3.63) is 29.8 Å². The van der Waals surface area contributed by atoms with Crippen LogP contribution in [0.3, 0.4) is 0 Å². The van der Waals surface area contributed by atoms with Gasteiger partial charge in [-0.05, 0) is 36.6 Å². The minimum absolute atomic E-state index is 0. The summed E-state index contributed by atoms with van der Waals surface area (Å²) in [5.74, 6) is 1.01. The summed E-state index contributed by atoms with van der Waals surface area (Å²) in [6, 6.07) is 7.00. The van der Waals surface area contributed by atoms with E-state index in [4.69, 9.17) is 5.73 Å². The summed E-state index contributed by atoms with van der Waals surface area (Å²) in [7, 11) is 0. The first-order valence-electron chi connectivity index (χ1n) is 4.86. The van der Waals surface area contributed by atoms with Crippen LogP contribution in [0.2, 0.25) is 0 Å². The van der Waals surface area contributed by atoms with Crippen LogP contribution in [-0.4, -0.2) is 24.5 Å². The number of halogens is 1. The first kappa shape index (κ1) is 15.1. The topological polar surface area (TPSA) is 55.1 Å². The highest BCUT2D eigenvalue weighted by Gasteiger charge is 2.03. The Bertz CT molecular complexity index is 334. The van der Waals surface area contributed by atoms with Gasteiger partial charge in [-0.2, -0.15) is 11.8 Å². The van der Waals surface area contributed by atoms with Crippen LogP contribution in [0.25, 0.3) is 0 Å². The van der Waals surface area contributed by atoms with Gasteiger partial charge in [-0.25, -0.2) is 0 Å². The van der Waals surface area contributed by atoms with Crippen molar-refractivity contribution in [2.75, 3.05) is 24.3 Å². The first-order chi connectivity index (χ1) is 7.24. The van der Waals surface area contributed by atoms with Gasteiger partial charge in [-0.3, -0.25) is 4.79 Å².